The number of amides is 1. The molecule has 0 aliphatic rings. The lowest BCUT2D eigenvalue weighted by Gasteiger charge is -2.16. The average molecular weight is 391 g/mol. The lowest BCUT2D eigenvalue weighted by Crippen LogP contribution is -2.35. The number of ether oxygens (including phenoxy) is 1. The van der Waals surface area contributed by atoms with Gasteiger partial charge in [-0.15, -0.1) is 0 Å². The van der Waals surface area contributed by atoms with Crippen LogP contribution in [0.1, 0.15) is 31.7 Å². The topological polar surface area (TPSA) is 84.5 Å². The Bertz CT molecular complexity index is 836. The molecule has 1 amide bonds. The van der Waals surface area contributed by atoms with E-state index in [1.54, 1.807) is 19.1 Å². The van der Waals surface area contributed by atoms with E-state index in [1.807, 2.05) is 37.3 Å². The van der Waals surface area contributed by atoms with Crippen molar-refractivity contribution in [2.75, 3.05) is 19.0 Å². The summed E-state index contributed by atoms with van der Waals surface area (Å²) in [5.74, 6) is -0.377. The van der Waals surface area contributed by atoms with Crippen molar-refractivity contribution >= 4 is 21.6 Å². The molecule has 0 fully saturated rings. The SMILES string of the molecule is CCC(C(=O)Nc1ccc(S(=O)(=O)NC(C)COC)cc1)c1ccccc1. The predicted octanol–water partition coefficient (Wildman–Crippen LogP) is 3.13. The van der Waals surface area contributed by atoms with Gasteiger partial charge in [-0.25, -0.2) is 13.1 Å². The van der Waals surface area contributed by atoms with E-state index in [-0.39, 0.29) is 29.4 Å². The maximum atomic E-state index is 12.6. The van der Waals surface area contributed by atoms with Gasteiger partial charge in [-0.1, -0.05) is 37.3 Å². The minimum absolute atomic E-state index is 0.119. The fraction of sp³-hybridized carbons (Fsp3) is 0.350. The first-order chi connectivity index (χ1) is 12.9. The number of rotatable bonds is 9. The van der Waals surface area contributed by atoms with Crippen LogP contribution in [-0.2, 0) is 19.6 Å². The summed E-state index contributed by atoms with van der Waals surface area (Å²) in [6.07, 6.45) is 0.670. The summed E-state index contributed by atoms with van der Waals surface area (Å²) >= 11 is 0. The molecule has 6 nitrogen and oxygen atoms in total. The number of anilines is 1. The van der Waals surface area contributed by atoms with Crippen molar-refractivity contribution in [3.8, 4) is 0 Å². The fourth-order valence-corrected chi connectivity index (χ4v) is 4.05. The van der Waals surface area contributed by atoms with Gasteiger partial charge in [0, 0.05) is 18.8 Å². The van der Waals surface area contributed by atoms with E-state index < -0.39 is 10.0 Å². The molecule has 0 aliphatic heterocycles. The number of sulfonamides is 1. The molecular weight excluding hydrogens is 364 g/mol. The van der Waals surface area contributed by atoms with Gasteiger partial charge in [-0.3, -0.25) is 4.79 Å². The Morgan fingerprint density at radius 1 is 1.07 bits per heavy atom. The second kappa shape index (κ2) is 9.64. The van der Waals surface area contributed by atoms with Crippen LogP contribution in [-0.4, -0.2) is 34.1 Å². The van der Waals surface area contributed by atoms with Gasteiger partial charge < -0.3 is 10.1 Å². The largest absolute Gasteiger partial charge is 0.383 e. The van der Waals surface area contributed by atoms with Crippen LogP contribution in [0.25, 0.3) is 0 Å². The Labute approximate surface area is 161 Å². The molecule has 7 heteroatoms. The fourth-order valence-electron chi connectivity index (χ4n) is 2.82. The Morgan fingerprint density at radius 3 is 2.26 bits per heavy atom. The number of methoxy groups -OCH3 is 1. The zero-order valence-electron chi connectivity index (χ0n) is 15.8. The first kappa shape index (κ1) is 21.1. The highest BCUT2D eigenvalue weighted by Crippen LogP contribution is 2.22. The quantitative estimate of drug-likeness (QED) is 0.689. The Balaban J connectivity index is 2.07. The van der Waals surface area contributed by atoms with Gasteiger partial charge >= 0.3 is 0 Å². The van der Waals surface area contributed by atoms with Gasteiger partial charge in [0.05, 0.1) is 17.4 Å². The van der Waals surface area contributed by atoms with Crippen LogP contribution in [0.4, 0.5) is 5.69 Å². The van der Waals surface area contributed by atoms with Crippen LogP contribution in [0.3, 0.4) is 0 Å². The average Bonchev–Trinajstić information content (AvgIpc) is 2.63. The van der Waals surface area contributed by atoms with Gasteiger partial charge in [0.15, 0.2) is 0 Å². The Kier molecular flexibility index (Phi) is 7.53. The first-order valence-corrected chi connectivity index (χ1v) is 10.3. The van der Waals surface area contributed by atoms with Crippen LogP contribution in [0, 0.1) is 0 Å². The van der Waals surface area contributed by atoms with Gasteiger partial charge in [0.1, 0.15) is 0 Å². The molecule has 2 atom stereocenters. The summed E-state index contributed by atoms with van der Waals surface area (Å²) in [6.45, 7) is 3.97. The summed E-state index contributed by atoms with van der Waals surface area (Å²) in [7, 11) is -2.12. The second-order valence-electron chi connectivity index (χ2n) is 6.36. The van der Waals surface area contributed by atoms with Crippen molar-refractivity contribution in [1.82, 2.24) is 4.72 Å². The molecule has 0 heterocycles. The minimum atomic E-state index is -3.63. The van der Waals surface area contributed by atoms with Crippen molar-refractivity contribution in [3.63, 3.8) is 0 Å². The van der Waals surface area contributed by atoms with Crippen LogP contribution >= 0.6 is 0 Å². The van der Waals surface area contributed by atoms with E-state index in [0.717, 1.165) is 5.56 Å². The van der Waals surface area contributed by atoms with E-state index in [0.29, 0.717) is 12.1 Å². The first-order valence-electron chi connectivity index (χ1n) is 8.84. The van der Waals surface area contributed by atoms with E-state index in [1.165, 1.54) is 19.2 Å². The van der Waals surface area contributed by atoms with Crippen molar-refractivity contribution in [2.24, 2.45) is 0 Å². The van der Waals surface area contributed by atoms with E-state index >= 15 is 0 Å². The van der Waals surface area contributed by atoms with Gasteiger partial charge in [0.2, 0.25) is 15.9 Å². The third kappa shape index (κ3) is 5.89. The van der Waals surface area contributed by atoms with Gasteiger partial charge in [-0.05, 0) is 43.2 Å². The molecule has 27 heavy (non-hydrogen) atoms. The molecule has 2 unspecified atom stereocenters. The van der Waals surface area contributed by atoms with Gasteiger partial charge in [0.25, 0.3) is 0 Å². The second-order valence-corrected chi connectivity index (χ2v) is 8.08. The van der Waals surface area contributed by atoms with E-state index in [4.69, 9.17) is 4.74 Å². The summed E-state index contributed by atoms with van der Waals surface area (Å²) in [4.78, 5) is 12.7. The normalized spacial score (nSPS) is 13.7. The molecule has 0 bridgehead atoms. The minimum Gasteiger partial charge on any atom is -0.383 e. The van der Waals surface area contributed by atoms with Crippen molar-refractivity contribution < 1.29 is 17.9 Å². The molecule has 2 aromatic carbocycles. The van der Waals surface area contributed by atoms with Crippen LogP contribution < -0.4 is 10.0 Å². The molecule has 146 valence electrons. The number of benzene rings is 2. The highest BCUT2D eigenvalue weighted by atomic mass is 32.2. The highest BCUT2D eigenvalue weighted by Gasteiger charge is 2.20. The molecule has 2 rings (SSSR count). The number of hydrogen-bond acceptors (Lipinski definition) is 4. The molecule has 0 radical (unpaired) electrons. The van der Waals surface area contributed by atoms with Gasteiger partial charge in [-0.2, -0.15) is 0 Å². The molecule has 0 spiro atoms. The summed E-state index contributed by atoms with van der Waals surface area (Å²) in [5.41, 5.74) is 1.51. The van der Waals surface area contributed by atoms with Crippen LogP contribution in [0.15, 0.2) is 59.5 Å². The predicted molar refractivity (Wildman–Crippen MR) is 106 cm³/mol. The van der Waals surface area contributed by atoms with Crippen molar-refractivity contribution in [1.29, 1.82) is 0 Å². The number of hydrogen-bond donors (Lipinski definition) is 2. The van der Waals surface area contributed by atoms with Crippen LogP contribution in [0.2, 0.25) is 0 Å². The third-order valence-electron chi connectivity index (χ3n) is 4.13. The Morgan fingerprint density at radius 2 is 1.70 bits per heavy atom. The molecule has 2 N–H and O–H groups in total. The highest BCUT2D eigenvalue weighted by molar-refractivity contribution is 7.89. The standard InChI is InChI=1S/C20H26N2O4S/c1-4-19(16-8-6-5-7-9-16)20(23)21-17-10-12-18(13-11-17)27(24,25)22-15(2)14-26-3/h5-13,15,19,22H,4,14H2,1-3H3,(H,21,23). The molecule has 2 aromatic rings. The monoisotopic (exact) mass is 390 g/mol. The molecule has 0 saturated heterocycles. The van der Waals surface area contributed by atoms with E-state index in [2.05, 4.69) is 10.0 Å². The molecule has 0 aliphatic carbocycles. The maximum absolute atomic E-state index is 12.6. The smallest absolute Gasteiger partial charge is 0.240 e. The maximum Gasteiger partial charge on any atom is 0.240 e. The molecule has 0 saturated carbocycles. The number of nitrogens with one attached hydrogen (secondary N) is 2. The summed E-state index contributed by atoms with van der Waals surface area (Å²) in [5, 5.41) is 2.86. The summed E-state index contributed by atoms with van der Waals surface area (Å²) in [6, 6.07) is 15.4. The van der Waals surface area contributed by atoms with Crippen molar-refractivity contribution in [2.45, 2.75) is 37.1 Å². The number of carbonyl (C=O) groups is 1. The Hall–Kier alpha value is -2.22. The molecular formula is C20H26N2O4S. The lowest BCUT2D eigenvalue weighted by atomic mass is 9.95. The zero-order chi connectivity index (χ0) is 19.9. The van der Waals surface area contributed by atoms with Crippen molar-refractivity contribution in [3.05, 3.63) is 60.2 Å². The zero-order valence-corrected chi connectivity index (χ0v) is 16.6. The van der Waals surface area contributed by atoms with Crippen LogP contribution in [0.5, 0.6) is 0 Å². The number of carbonyl (C=O) groups excluding carboxylic acids is 1. The molecule has 0 aromatic heterocycles. The van der Waals surface area contributed by atoms with E-state index in [9.17, 15) is 13.2 Å². The lowest BCUT2D eigenvalue weighted by molar-refractivity contribution is -0.117. The summed E-state index contributed by atoms with van der Waals surface area (Å²) < 4.78 is 32.2. The third-order valence-corrected chi connectivity index (χ3v) is 5.74.